The third kappa shape index (κ3) is 4.10. The minimum Gasteiger partial charge on any atom is -0.480 e. The molecule has 0 aromatic carbocycles. The molecule has 0 spiro atoms. The summed E-state index contributed by atoms with van der Waals surface area (Å²) in [7, 11) is 0. The Bertz CT molecular complexity index is 354. The molecule has 2 fully saturated rings. The summed E-state index contributed by atoms with van der Waals surface area (Å²) in [6.07, 6.45) is 3.76. The zero-order valence-electron chi connectivity index (χ0n) is 12.2. The van der Waals surface area contributed by atoms with Crippen LogP contribution in [0, 0.1) is 11.8 Å². The quantitative estimate of drug-likeness (QED) is 0.802. The van der Waals surface area contributed by atoms with Crippen LogP contribution in [0.4, 0.5) is 4.79 Å². The van der Waals surface area contributed by atoms with E-state index in [1.165, 1.54) is 19.3 Å². The van der Waals surface area contributed by atoms with Crippen LogP contribution >= 0.6 is 0 Å². The fourth-order valence-corrected chi connectivity index (χ4v) is 3.16. The number of aliphatic carboxylic acids is 1. The van der Waals surface area contributed by atoms with E-state index in [0.717, 1.165) is 6.54 Å². The first kappa shape index (κ1) is 15.1. The van der Waals surface area contributed by atoms with E-state index in [4.69, 9.17) is 5.11 Å². The topological polar surface area (TPSA) is 72.9 Å². The lowest BCUT2D eigenvalue weighted by Gasteiger charge is -2.34. The maximum atomic E-state index is 12.1. The van der Waals surface area contributed by atoms with Crippen molar-refractivity contribution in [3.8, 4) is 0 Å². The third-order valence-electron chi connectivity index (χ3n) is 4.57. The first-order valence-corrected chi connectivity index (χ1v) is 7.53. The molecule has 2 rings (SSSR count). The summed E-state index contributed by atoms with van der Waals surface area (Å²) in [5.74, 6) is 0.521. The molecule has 1 aliphatic carbocycles. The molecule has 0 aromatic rings. The first-order chi connectivity index (χ1) is 9.56. The maximum absolute atomic E-state index is 12.1. The summed E-state index contributed by atoms with van der Waals surface area (Å²) in [6.45, 7) is 5.59. The second kappa shape index (κ2) is 6.92. The molecule has 2 amide bonds. The molecular weight excluding hydrogens is 258 g/mol. The summed E-state index contributed by atoms with van der Waals surface area (Å²) in [5.41, 5.74) is 0. The van der Waals surface area contributed by atoms with Gasteiger partial charge in [-0.2, -0.15) is 0 Å². The number of carbonyl (C=O) groups is 2. The van der Waals surface area contributed by atoms with Crippen LogP contribution in [0.15, 0.2) is 0 Å². The lowest BCUT2D eigenvalue weighted by Crippen LogP contribution is -2.53. The van der Waals surface area contributed by atoms with Gasteiger partial charge < -0.3 is 15.3 Å². The third-order valence-corrected chi connectivity index (χ3v) is 4.57. The summed E-state index contributed by atoms with van der Waals surface area (Å²) >= 11 is 0. The van der Waals surface area contributed by atoms with Gasteiger partial charge in [0.2, 0.25) is 0 Å². The monoisotopic (exact) mass is 283 g/mol. The van der Waals surface area contributed by atoms with Crippen molar-refractivity contribution < 1.29 is 14.7 Å². The summed E-state index contributed by atoms with van der Waals surface area (Å²) < 4.78 is 0. The molecular formula is C14H25N3O3. The molecule has 6 heteroatoms. The fourth-order valence-electron chi connectivity index (χ4n) is 3.16. The van der Waals surface area contributed by atoms with Crippen LogP contribution < -0.4 is 5.32 Å². The highest BCUT2D eigenvalue weighted by atomic mass is 16.4. The van der Waals surface area contributed by atoms with E-state index in [9.17, 15) is 9.59 Å². The van der Waals surface area contributed by atoms with Gasteiger partial charge in [-0.15, -0.1) is 0 Å². The van der Waals surface area contributed by atoms with Crippen molar-refractivity contribution in [3.05, 3.63) is 0 Å². The van der Waals surface area contributed by atoms with Crippen LogP contribution in [-0.2, 0) is 4.79 Å². The number of urea groups is 1. The number of rotatable bonds is 4. The van der Waals surface area contributed by atoms with Gasteiger partial charge in [0, 0.05) is 32.7 Å². The van der Waals surface area contributed by atoms with E-state index in [2.05, 4.69) is 12.2 Å². The Morgan fingerprint density at radius 2 is 1.90 bits per heavy atom. The van der Waals surface area contributed by atoms with Gasteiger partial charge in [-0.25, -0.2) is 4.79 Å². The summed E-state index contributed by atoms with van der Waals surface area (Å²) in [4.78, 5) is 26.4. The van der Waals surface area contributed by atoms with E-state index in [1.807, 2.05) is 4.90 Å². The highest BCUT2D eigenvalue weighted by Crippen LogP contribution is 2.30. The van der Waals surface area contributed by atoms with Gasteiger partial charge in [0.05, 0.1) is 6.54 Å². The number of nitrogens with one attached hydrogen (secondary N) is 1. The lowest BCUT2D eigenvalue weighted by molar-refractivity contribution is -0.138. The molecule has 2 unspecified atom stereocenters. The lowest BCUT2D eigenvalue weighted by atomic mass is 9.98. The Hall–Kier alpha value is -1.30. The van der Waals surface area contributed by atoms with Gasteiger partial charge in [-0.3, -0.25) is 9.69 Å². The Kier molecular flexibility index (Phi) is 5.23. The number of piperazine rings is 1. The number of amides is 2. The van der Waals surface area contributed by atoms with Crippen molar-refractivity contribution >= 4 is 12.0 Å². The Morgan fingerprint density at radius 3 is 2.45 bits per heavy atom. The van der Waals surface area contributed by atoms with Gasteiger partial charge >= 0.3 is 12.0 Å². The van der Waals surface area contributed by atoms with E-state index >= 15 is 0 Å². The van der Waals surface area contributed by atoms with Crippen molar-refractivity contribution in [1.29, 1.82) is 0 Å². The van der Waals surface area contributed by atoms with Crippen LogP contribution in [0.1, 0.15) is 26.2 Å². The van der Waals surface area contributed by atoms with Gasteiger partial charge in [0.15, 0.2) is 0 Å². The Morgan fingerprint density at radius 1 is 1.20 bits per heavy atom. The van der Waals surface area contributed by atoms with Gasteiger partial charge in [-0.05, 0) is 18.3 Å². The molecule has 1 aliphatic heterocycles. The first-order valence-electron chi connectivity index (χ1n) is 7.53. The molecule has 2 N–H and O–H groups in total. The number of hydrogen-bond acceptors (Lipinski definition) is 3. The fraction of sp³-hybridized carbons (Fsp3) is 0.857. The van der Waals surface area contributed by atoms with Gasteiger partial charge in [0.25, 0.3) is 0 Å². The predicted molar refractivity (Wildman–Crippen MR) is 75.6 cm³/mol. The standard InChI is InChI=1S/C14H25N3O3/c1-11-3-2-4-12(11)9-15-14(20)17-7-5-16(6-8-17)10-13(18)19/h11-12H,2-10H2,1H3,(H,15,20)(H,18,19). The van der Waals surface area contributed by atoms with Crippen LogP contribution in [0.2, 0.25) is 0 Å². The molecule has 2 aliphatic rings. The summed E-state index contributed by atoms with van der Waals surface area (Å²) in [6, 6.07) is -0.000856. The number of nitrogens with zero attached hydrogens (tertiary/aromatic N) is 2. The highest BCUT2D eigenvalue weighted by molar-refractivity contribution is 5.74. The van der Waals surface area contributed by atoms with Crippen LogP contribution in [0.3, 0.4) is 0 Å². The van der Waals surface area contributed by atoms with Crippen molar-refractivity contribution in [1.82, 2.24) is 15.1 Å². The zero-order chi connectivity index (χ0) is 14.5. The molecule has 2 atom stereocenters. The molecule has 114 valence electrons. The average Bonchev–Trinajstić information content (AvgIpc) is 2.82. The SMILES string of the molecule is CC1CCCC1CNC(=O)N1CCN(CC(=O)O)CC1. The van der Waals surface area contributed by atoms with Crippen LogP contribution in [0.5, 0.6) is 0 Å². The minimum absolute atomic E-state index is 0.000856. The van der Waals surface area contributed by atoms with E-state index in [1.54, 1.807) is 4.90 Å². The van der Waals surface area contributed by atoms with Crippen molar-refractivity contribution in [2.24, 2.45) is 11.8 Å². The molecule has 0 radical (unpaired) electrons. The van der Waals surface area contributed by atoms with Crippen molar-refractivity contribution in [2.45, 2.75) is 26.2 Å². The largest absolute Gasteiger partial charge is 0.480 e. The molecule has 1 saturated carbocycles. The maximum Gasteiger partial charge on any atom is 0.317 e. The molecule has 20 heavy (non-hydrogen) atoms. The molecule has 0 aromatic heterocycles. The van der Waals surface area contributed by atoms with Crippen LogP contribution in [-0.4, -0.2) is 66.2 Å². The van der Waals surface area contributed by atoms with E-state index < -0.39 is 5.97 Å². The van der Waals surface area contributed by atoms with Crippen molar-refractivity contribution in [2.75, 3.05) is 39.3 Å². The zero-order valence-corrected chi connectivity index (χ0v) is 12.2. The molecule has 1 saturated heterocycles. The average molecular weight is 283 g/mol. The normalized spacial score (nSPS) is 27.6. The van der Waals surface area contributed by atoms with E-state index in [0.29, 0.717) is 38.0 Å². The summed E-state index contributed by atoms with van der Waals surface area (Å²) in [5, 5.41) is 11.8. The number of carboxylic acid groups (broad SMARTS) is 1. The van der Waals surface area contributed by atoms with Gasteiger partial charge in [-0.1, -0.05) is 19.8 Å². The Balaban J connectivity index is 1.68. The minimum atomic E-state index is -0.807. The number of hydrogen-bond donors (Lipinski definition) is 2. The Labute approximate surface area is 120 Å². The second-order valence-corrected chi connectivity index (χ2v) is 6.01. The van der Waals surface area contributed by atoms with Gasteiger partial charge in [0.1, 0.15) is 0 Å². The second-order valence-electron chi connectivity index (χ2n) is 6.01. The smallest absolute Gasteiger partial charge is 0.317 e. The predicted octanol–water partition coefficient (Wildman–Crippen LogP) is 0.834. The van der Waals surface area contributed by atoms with E-state index in [-0.39, 0.29) is 12.6 Å². The van der Waals surface area contributed by atoms with Crippen LogP contribution in [0.25, 0.3) is 0 Å². The molecule has 6 nitrogen and oxygen atoms in total. The molecule has 0 bridgehead atoms. The van der Waals surface area contributed by atoms with Crippen molar-refractivity contribution in [3.63, 3.8) is 0 Å². The number of carboxylic acids is 1. The number of carbonyl (C=O) groups excluding carboxylic acids is 1. The highest BCUT2D eigenvalue weighted by Gasteiger charge is 2.26. The molecule has 1 heterocycles.